The van der Waals surface area contributed by atoms with Crippen molar-refractivity contribution < 1.29 is 9.90 Å². The Morgan fingerprint density at radius 3 is 2.60 bits per heavy atom. The molecular weight excluding hydrogens is 318 g/mol. The van der Waals surface area contributed by atoms with Crippen molar-refractivity contribution in [2.24, 2.45) is 0 Å². The lowest BCUT2D eigenvalue weighted by atomic mass is 10.2. The maximum Gasteiger partial charge on any atom is 0.280 e. The molecule has 0 saturated heterocycles. The van der Waals surface area contributed by atoms with E-state index in [0.717, 1.165) is 11.3 Å². The van der Waals surface area contributed by atoms with Crippen molar-refractivity contribution in [3.8, 4) is 5.69 Å². The lowest BCUT2D eigenvalue weighted by Crippen LogP contribution is -2.35. The number of carboxylic acid groups (broad SMARTS) is 1. The Labute approximate surface area is 143 Å². The number of hydrogen-bond donors (Lipinski definition) is 2. The number of benzene rings is 2. The highest BCUT2D eigenvalue weighted by molar-refractivity contribution is 5.93. The number of aromatic amines is 1. The fourth-order valence-electron chi connectivity index (χ4n) is 2.57. The van der Waals surface area contributed by atoms with E-state index in [1.807, 2.05) is 31.2 Å². The van der Waals surface area contributed by atoms with Crippen LogP contribution in [0.25, 0.3) is 18.5 Å². The van der Waals surface area contributed by atoms with Gasteiger partial charge in [0.1, 0.15) is 0 Å². The number of rotatable bonds is 4. The summed E-state index contributed by atoms with van der Waals surface area (Å²) in [7, 11) is 0. The van der Waals surface area contributed by atoms with E-state index in [2.05, 4.69) is 17.0 Å². The van der Waals surface area contributed by atoms with Gasteiger partial charge < -0.3 is 15.2 Å². The van der Waals surface area contributed by atoms with Gasteiger partial charge in [-0.15, -0.1) is 0 Å². The van der Waals surface area contributed by atoms with Crippen LogP contribution in [-0.4, -0.2) is 15.7 Å². The minimum Gasteiger partial charge on any atom is -0.545 e. The summed E-state index contributed by atoms with van der Waals surface area (Å²) in [5, 5.41) is 17.7. The molecule has 0 saturated carbocycles. The number of nitrogens with zero attached hydrogens (tertiary/aromatic N) is 1. The number of anilines is 1. The van der Waals surface area contributed by atoms with E-state index in [1.54, 1.807) is 18.2 Å². The zero-order chi connectivity index (χ0) is 18.0. The molecule has 0 aliphatic heterocycles. The van der Waals surface area contributed by atoms with Gasteiger partial charge in [0, 0.05) is 17.5 Å². The standard InChI is InChI=1S/C19H17N3O3/c1-12-7-3-6-10-17(12)22-18(23)15(13(2)21-22)11-20-16-9-5-4-8-14(16)19(24)25/h3-11,20-21H,2H2,1H3,(H,24,25)/p-1. The van der Waals surface area contributed by atoms with Crippen LogP contribution in [-0.2, 0) is 0 Å². The predicted molar refractivity (Wildman–Crippen MR) is 94.8 cm³/mol. The molecule has 1 heterocycles. The number of carbonyl (C=O) groups is 1. The van der Waals surface area contributed by atoms with Crippen LogP contribution in [0, 0.1) is 6.92 Å². The van der Waals surface area contributed by atoms with E-state index in [9.17, 15) is 14.7 Å². The summed E-state index contributed by atoms with van der Waals surface area (Å²) in [6.07, 6.45) is 1.44. The van der Waals surface area contributed by atoms with Gasteiger partial charge >= 0.3 is 0 Å². The predicted octanol–water partition coefficient (Wildman–Crippen LogP) is 0.0979. The highest BCUT2D eigenvalue weighted by atomic mass is 16.4. The van der Waals surface area contributed by atoms with Crippen LogP contribution in [0.15, 0.2) is 53.3 Å². The quantitative estimate of drug-likeness (QED) is 0.708. The Kier molecular flexibility index (Phi) is 4.26. The summed E-state index contributed by atoms with van der Waals surface area (Å²) in [6, 6.07) is 13.8. The molecular formula is C19H16N3O3-. The van der Waals surface area contributed by atoms with Crippen LogP contribution in [0.3, 0.4) is 0 Å². The molecule has 126 valence electrons. The van der Waals surface area contributed by atoms with E-state index in [4.69, 9.17) is 0 Å². The van der Waals surface area contributed by atoms with E-state index in [-0.39, 0.29) is 11.1 Å². The third-order valence-electron chi connectivity index (χ3n) is 3.88. The number of aromatic carboxylic acids is 1. The molecule has 6 nitrogen and oxygen atoms in total. The van der Waals surface area contributed by atoms with Gasteiger partial charge in [-0.05, 0) is 24.6 Å². The minimum absolute atomic E-state index is 0.0131. The van der Waals surface area contributed by atoms with Crippen LogP contribution in [0.2, 0.25) is 0 Å². The number of para-hydroxylation sites is 2. The average Bonchev–Trinajstić information content (AvgIpc) is 2.88. The molecule has 25 heavy (non-hydrogen) atoms. The van der Waals surface area contributed by atoms with E-state index >= 15 is 0 Å². The number of aryl methyl sites for hydroxylation is 1. The monoisotopic (exact) mass is 334 g/mol. The summed E-state index contributed by atoms with van der Waals surface area (Å²) in [5.41, 5.74) is 1.74. The van der Waals surface area contributed by atoms with Gasteiger partial charge in [0.25, 0.3) is 5.56 Å². The zero-order valence-electron chi connectivity index (χ0n) is 13.6. The summed E-state index contributed by atoms with van der Waals surface area (Å²) in [6.45, 7) is 5.76. The number of H-pyrrole nitrogens is 1. The second-order valence-corrected chi connectivity index (χ2v) is 5.55. The Hall–Kier alpha value is -3.54. The maximum atomic E-state index is 12.7. The molecule has 3 rings (SSSR count). The van der Waals surface area contributed by atoms with Crippen molar-refractivity contribution in [1.82, 2.24) is 9.78 Å². The highest BCUT2D eigenvalue weighted by Crippen LogP contribution is 2.13. The van der Waals surface area contributed by atoms with Crippen LogP contribution in [0.5, 0.6) is 0 Å². The molecule has 1 aromatic heterocycles. The third kappa shape index (κ3) is 3.10. The van der Waals surface area contributed by atoms with Crippen LogP contribution in [0.4, 0.5) is 5.69 Å². The summed E-state index contributed by atoms with van der Waals surface area (Å²) in [4.78, 5) is 23.8. The van der Waals surface area contributed by atoms with Gasteiger partial charge in [0.15, 0.2) is 0 Å². The van der Waals surface area contributed by atoms with E-state index in [0.29, 0.717) is 16.3 Å². The fourth-order valence-corrected chi connectivity index (χ4v) is 2.57. The highest BCUT2D eigenvalue weighted by Gasteiger charge is 2.07. The molecule has 0 aliphatic rings. The molecule has 0 bridgehead atoms. The molecule has 2 N–H and O–H groups in total. The Balaban J connectivity index is 2.07. The van der Waals surface area contributed by atoms with Crippen LogP contribution >= 0.6 is 0 Å². The van der Waals surface area contributed by atoms with Crippen molar-refractivity contribution in [2.75, 3.05) is 5.32 Å². The zero-order valence-corrected chi connectivity index (χ0v) is 13.6. The molecule has 0 unspecified atom stereocenters. The normalized spacial score (nSPS) is 11.5. The molecule has 0 spiro atoms. The van der Waals surface area contributed by atoms with Crippen molar-refractivity contribution in [3.63, 3.8) is 0 Å². The first kappa shape index (κ1) is 16.3. The van der Waals surface area contributed by atoms with Crippen LogP contribution in [0.1, 0.15) is 15.9 Å². The maximum absolute atomic E-state index is 12.7. The Bertz CT molecular complexity index is 1110. The summed E-state index contributed by atoms with van der Waals surface area (Å²) in [5.74, 6) is -1.29. The average molecular weight is 334 g/mol. The minimum atomic E-state index is -1.29. The molecule has 0 fully saturated rings. The molecule has 2 aromatic carbocycles. The van der Waals surface area contributed by atoms with Gasteiger partial charge in [-0.3, -0.25) is 9.89 Å². The van der Waals surface area contributed by atoms with Crippen molar-refractivity contribution in [1.29, 1.82) is 0 Å². The van der Waals surface area contributed by atoms with Crippen molar-refractivity contribution in [3.05, 3.63) is 80.6 Å². The second-order valence-electron chi connectivity index (χ2n) is 5.55. The number of nitrogens with one attached hydrogen (secondary N) is 2. The fraction of sp³-hybridized carbons (Fsp3) is 0.0526. The number of hydrogen-bond acceptors (Lipinski definition) is 4. The first-order chi connectivity index (χ1) is 12.0. The molecule has 0 amide bonds. The van der Waals surface area contributed by atoms with Gasteiger partial charge in [-0.2, -0.15) is 0 Å². The second kappa shape index (κ2) is 6.52. The van der Waals surface area contributed by atoms with Crippen molar-refractivity contribution in [2.45, 2.75) is 6.92 Å². The third-order valence-corrected chi connectivity index (χ3v) is 3.88. The van der Waals surface area contributed by atoms with Gasteiger partial charge in [-0.25, -0.2) is 4.68 Å². The lowest BCUT2D eigenvalue weighted by molar-refractivity contribution is -0.254. The smallest absolute Gasteiger partial charge is 0.280 e. The van der Waals surface area contributed by atoms with Gasteiger partial charge in [0.2, 0.25) is 0 Å². The molecule has 3 aromatic rings. The van der Waals surface area contributed by atoms with E-state index < -0.39 is 5.97 Å². The van der Waals surface area contributed by atoms with E-state index in [1.165, 1.54) is 16.9 Å². The summed E-state index contributed by atoms with van der Waals surface area (Å²) >= 11 is 0. The van der Waals surface area contributed by atoms with Gasteiger partial charge in [-0.1, -0.05) is 43.0 Å². The molecule has 0 radical (unpaired) electrons. The first-order valence-electron chi connectivity index (χ1n) is 7.62. The molecule has 0 atom stereocenters. The Morgan fingerprint density at radius 1 is 1.20 bits per heavy atom. The number of aromatic nitrogens is 2. The Morgan fingerprint density at radius 2 is 1.88 bits per heavy atom. The van der Waals surface area contributed by atoms with Crippen molar-refractivity contribution >= 4 is 24.4 Å². The summed E-state index contributed by atoms with van der Waals surface area (Å²) < 4.78 is 1.41. The first-order valence-corrected chi connectivity index (χ1v) is 7.62. The molecule has 6 heteroatoms. The topological polar surface area (TPSA) is 90.0 Å². The molecule has 0 aliphatic carbocycles. The van der Waals surface area contributed by atoms with Crippen LogP contribution < -0.4 is 26.6 Å². The number of carboxylic acids is 1. The van der Waals surface area contributed by atoms with Gasteiger partial charge in [0.05, 0.1) is 22.2 Å². The SMILES string of the molecule is C=c1[nH]n(-c2ccccc2C)c(=O)c1=CNc1ccccc1C(=O)[O-]. The largest absolute Gasteiger partial charge is 0.545 e. The lowest BCUT2D eigenvalue weighted by Gasteiger charge is -2.09. The number of carbonyl (C=O) groups excluding carboxylic acids is 1.